The highest BCUT2D eigenvalue weighted by Gasteiger charge is 2.21. The molecule has 0 amide bonds. The van der Waals surface area contributed by atoms with E-state index in [4.69, 9.17) is 19.0 Å². The molecule has 2 heterocycles. The van der Waals surface area contributed by atoms with Gasteiger partial charge in [0.25, 0.3) is 0 Å². The molecule has 0 saturated heterocycles. The van der Waals surface area contributed by atoms with Crippen LogP contribution in [0.5, 0.6) is 5.88 Å². The SMILES string of the molecule is CCOC(=O)/C=C/c1c(-c2ccccc2)oc2ncnc(O[C@H](C)CCCCC(=O)O)c12. The lowest BCUT2D eigenvalue weighted by Gasteiger charge is -2.14. The van der Waals surface area contributed by atoms with Crippen LogP contribution in [0.15, 0.2) is 47.2 Å². The molecule has 168 valence electrons. The van der Waals surface area contributed by atoms with Gasteiger partial charge in [-0.05, 0) is 39.2 Å². The molecule has 1 N–H and O–H groups in total. The van der Waals surface area contributed by atoms with Crippen molar-refractivity contribution in [2.75, 3.05) is 6.61 Å². The Hall–Kier alpha value is -3.68. The Morgan fingerprint density at radius 2 is 1.97 bits per heavy atom. The second-order valence-electron chi connectivity index (χ2n) is 7.22. The Morgan fingerprint density at radius 1 is 1.19 bits per heavy atom. The van der Waals surface area contributed by atoms with Gasteiger partial charge in [-0.3, -0.25) is 4.79 Å². The lowest BCUT2D eigenvalue weighted by Crippen LogP contribution is -2.13. The van der Waals surface area contributed by atoms with Crippen molar-refractivity contribution < 1.29 is 28.6 Å². The summed E-state index contributed by atoms with van der Waals surface area (Å²) >= 11 is 0. The van der Waals surface area contributed by atoms with Crippen LogP contribution in [0.1, 0.15) is 45.1 Å². The van der Waals surface area contributed by atoms with Gasteiger partial charge in [0.05, 0.1) is 12.7 Å². The number of aliphatic carboxylic acids is 1. The fourth-order valence-electron chi connectivity index (χ4n) is 3.28. The van der Waals surface area contributed by atoms with E-state index in [0.717, 1.165) is 12.0 Å². The predicted octanol–water partition coefficient (Wildman–Crippen LogP) is 4.88. The molecule has 32 heavy (non-hydrogen) atoms. The summed E-state index contributed by atoms with van der Waals surface area (Å²) in [6.45, 7) is 3.92. The van der Waals surface area contributed by atoms with Gasteiger partial charge in [0, 0.05) is 23.6 Å². The highest BCUT2D eigenvalue weighted by molar-refractivity contribution is 5.99. The van der Waals surface area contributed by atoms with Gasteiger partial charge < -0.3 is 19.0 Å². The molecule has 3 aromatic rings. The van der Waals surface area contributed by atoms with E-state index >= 15 is 0 Å². The normalized spacial score (nSPS) is 12.2. The van der Waals surface area contributed by atoms with Crippen molar-refractivity contribution >= 4 is 29.1 Å². The Bertz CT molecular complexity index is 1090. The molecule has 0 bridgehead atoms. The molecule has 0 unspecified atom stereocenters. The molecule has 3 rings (SSSR count). The van der Waals surface area contributed by atoms with Gasteiger partial charge in [-0.1, -0.05) is 30.3 Å². The largest absolute Gasteiger partial charge is 0.481 e. The number of ether oxygens (including phenoxy) is 2. The lowest BCUT2D eigenvalue weighted by atomic mass is 10.1. The van der Waals surface area contributed by atoms with Crippen LogP contribution >= 0.6 is 0 Å². The maximum atomic E-state index is 11.9. The molecular weight excluding hydrogens is 412 g/mol. The van der Waals surface area contributed by atoms with Crippen molar-refractivity contribution in [3.8, 4) is 17.2 Å². The van der Waals surface area contributed by atoms with Crippen LogP contribution in [-0.4, -0.2) is 39.7 Å². The average molecular weight is 438 g/mol. The number of esters is 1. The highest BCUT2D eigenvalue weighted by atomic mass is 16.5. The summed E-state index contributed by atoms with van der Waals surface area (Å²) < 4.78 is 17.1. The zero-order valence-electron chi connectivity index (χ0n) is 18.1. The molecule has 1 aromatic carbocycles. The average Bonchev–Trinajstić information content (AvgIpc) is 3.16. The number of carbonyl (C=O) groups excluding carboxylic acids is 1. The molecule has 0 aliphatic carbocycles. The molecular formula is C24H26N2O6. The van der Waals surface area contributed by atoms with Gasteiger partial charge in [0.1, 0.15) is 17.5 Å². The van der Waals surface area contributed by atoms with E-state index in [2.05, 4.69) is 9.97 Å². The number of hydrogen-bond acceptors (Lipinski definition) is 7. The van der Waals surface area contributed by atoms with E-state index in [1.807, 2.05) is 37.3 Å². The van der Waals surface area contributed by atoms with Crippen molar-refractivity contribution in [2.24, 2.45) is 0 Å². The number of carboxylic acids is 1. The number of benzene rings is 1. The molecule has 0 aliphatic rings. The highest BCUT2D eigenvalue weighted by Crippen LogP contribution is 2.38. The summed E-state index contributed by atoms with van der Waals surface area (Å²) in [6.07, 6.45) is 6.25. The first-order chi connectivity index (χ1) is 15.5. The van der Waals surface area contributed by atoms with E-state index in [1.54, 1.807) is 13.0 Å². The van der Waals surface area contributed by atoms with Crippen molar-refractivity contribution in [3.63, 3.8) is 0 Å². The molecule has 2 aromatic heterocycles. The summed E-state index contributed by atoms with van der Waals surface area (Å²) in [6, 6.07) is 9.49. The zero-order valence-corrected chi connectivity index (χ0v) is 18.1. The van der Waals surface area contributed by atoms with Crippen molar-refractivity contribution in [1.82, 2.24) is 9.97 Å². The van der Waals surface area contributed by atoms with E-state index in [9.17, 15) is 9.59 Å². The molecule has 0 fully saturated rings. The van der Waals surface area contributed by atoms with Crippen LogP contribution < -0.4 is 4.74 Å². The van der Waals surface area contributed by atoms with Crippen LogP contribution in [0.2, 0.25) is 0 Å². The quantitative estimate of drug-likeness (QED) is 0.256. The number of fused-ring (bicyclic) bond motifs is 1. The van der Waals surface area contributed by atoms with Crippen molar-refractivity contribution in [2.45, 2.75) is 45.6 Å². The van der Waals surface area contributed by atoms with Gasteiger partial charge in [-0.15, -0.1) is 0 Å². The first-order valence-electron chi connectivity index (χ1n) is 10.6. The number of hydrogen-bond donors (Lipinski definition) is 1. The van der Waals surface area contributed by atoms with Gasteiger partial charge in [-0.2, -0.15) is 0 Å². The summed E-state index contributed by atoms with van der Waals surface area (Å²) in [7, 11) is 0. The van der Waals surface area contributed by atoms with E-state index in [-0.39, 0.29) is 19.1 Å². The fraction of sp³-hybridized carbons (Fsp3) is 0.333. The molecule has 0 radical (unpaired) electrons. The van der Waals surface area contributed by atoms with Crippen LogP contribution in [0.3, 0.4) is 0 Å². The van der Waals surface area contributed by atoms with Crippen molar-refractivity contribution in [1.29, 1.82) is 0 Å². The number of unbranched alkanes of at least 4 members (excludes halogenated alkanes) is 1. The van der Waals surface area contributed by atoms with Crippen molar-refractivity contribution in [3.05, 3.63) is 48.3 Å². The van der Waals surface area contributed by atoms with Gasteiger partial charge >= 0.3 is 11.9 Å². The number of carbonyl (C=O) groups is 2. The third-order valence-corrected chi connectivity index (χ3v) is 4.76. The van der Waals surface area contributed by atoms with Gasteiger partial charge in [0.2, 0.25) is 11.6 Å². The number of carboxylic acid groups (broad SMARTS) is 1. The van der Waals surface area contributed by atoms with Crippen LogP contribution in [0, 0.1) is 0 Å². The predicted molar refractivity (Wildman–Crippen MR) is 119 cm³/mol. The smallest absolute Gasteiger partial charge is 0.330 e. The summed E-state index contributed by atoms with van der Waals surface area (Å²) in [5.41, 5.74) is 1.78. The number of nitrogens with zero attached hydrogens (tertiary/aromatic N) is 2. The molecule has 1 atom stereocenters. The second kappa shape index (κ2) is 11.1. The minimum absolute atomic E-state index is 0.134. The first-order valence-corrected chi connectivity index (χ1v) is 10.6. The molecule has 8 heteroatoms. The van der Waals surface area contributed by atoms with E-state index in [0.29, 0.717) is 41.1 Å². The summed E-state index contributed by atoms with van der Waals surface area (Å²) in [4.78, 5) is 31.2. The minimum Gasteiger partial charge on any atom is -0.481 e. The fourth-order valence-corrected chi connectivity index (χ4v) is 3.28. The third-order valence-electron chi connectivity index (χ3n) is 4.76. The first kappa shape index (κ1) is 23.0. The maximum Gasteiger partial charge on any atom is 0.330 e. The van der Waals surface area contributed by atoms with Gasteiger partial charge in [0.15, 0.2) is 0 Å². The minimum atomic E-state index is -0.805. The topological polar surface area (TPSA) is 112 Å². The van der Waals surface area contributed by atoms with E-state index in [1.165, 1.54) is 12.4 Å². The standard InChI is InChI=1S/C24H26N2O6/c1-3-30-20(29)14-13-18-21-23(31-16(2)9-7-8-12-19(27)28)25-15-26-24(21)32-22(18)17-10-5-4-6-11-17/h4-6,10-11,13-16H,3,7-9,12H2,1-2H3,(H,27,28)/b14-13+/t16-/m1/s1. The van der Waals surface area contributed by atoms with Gasteiger partial charge in [-0.25, -0.2) is 14.8 Å². The molecule has 0 aliphatic heterocycles. The summed E-state index contributed by atoms with van der Waals surface area (Å²) in [5, 5.41) is 9.34. The maximum absolute atomic E-state index is 11.9. The Kier molecular flexibility index (Phi) is 7.96. The van der Waals surface area contributed by atoms with Crippen LogP contribution in [0.4, 0.5) is 0 Å². The molecule has 0 spiro atoms. The lowest BCUT2D eigenvalue weighted by molar-refractivity contribution is -0.138. The molecule has 8 nitrogen and oxygen atoms in total. The number of aromatic nitrogens is 2. The third kappa shape index (κ3) is 5.94. The van der Waals surface area contributed by atoms with Crippen LogP contribution in [-0.2, 0) is 14.3 Å². The summed E-state index contributed by atoms with van der Waals surface area (Å²) in [5.74, 6) is -0.385. The molecule has 0 saturated carbocycles. The Balaban J connectivity index is 1.95. The number of furan rings is 1. The van der Waals surface area contributed by atoms with E-state index < -0.39 is 11.9 Å². The Labute approximate surface area is 185 Å². The monoisotopic (exact) mass is 438 g/mol. The van der Waals surface area contributed by atoms with Crippen LogP contribution in [0.25, 0.3) is 28.5 Å². The number of rotatable bonds is 11. The second-order valence-corrected chi connectivity index (χ2v) is 7.22. The Morgan fingerprint density at radius 3 is 2.69 bits per heavy atom. The zero-order chi connectivity index (χ0) is 22.9.